The number of aromatic nitrogens is 1. The first kappa shape index (κ1) is 12.6. The lowest BCUT2D eigenvalue weighted by atomic mass is 10.2. The Hall–Kier alpha value is -2.89. The molecule has 6 heteroatoms. The lowest BCUT2D eigenvalue weighted by Gasteiger charge is -2.06. The molecule has 3 amide bonds. The number of nitrogen functional groups attached to an aromatic ring is 1. The molecule has 1 heterocycles. The molecule has 1 aromatic carbocycles. The van der Waals surface area contributed by atoms with Crippen LogP contribution in [0, 0.1) is 0 Å². The number of carbonyl (C=O) groups is 2. The van der Waals surface area contributed by atoms with Crippen LogP contribution in [-0.2, 0) is 0 Å². The van der Waals surface area contributed by atoms with Crippen LogP contribution in [0.3, 0.4) is 0 Å². The van der Waals surface area contributed by atoms with E-state index in [4.69, 9.17) is 5.73 Å². The van der Waals surface area contributed by atoms with Crippen molar-refractivity contribution in [3.63, 3.8) is 0 Å². The molecule has 0 atom stereocenters. The predicted molar refractivity (Wildman–Crippen MR) is 71.6 cm³/mol. The van der Waals surface area contributed by atoms with Crippen LogP contribution in [0.1, 0.15) is 10.4 Å². The van der Waals surface area contributed by atoms with Gasteiger partial charge in [0.2, 0.25) is 0 Å². The van der Waals surface area contributed by atoms with Crippen LogP contribution in [0.25, 0.3) is 0 Å². The van der Waals surface area contributed by atoms with Crippen molar-refractivity contribution in [2.24, 2.45) is 0 Å². The topological polar surface area (TPSA) is 97.1 Å². The Labute approximate surface area is 109 Å². The van der Waals surface area contributed by atoms with Gasteiger partial charge < -0.3 is 5.73 Å². The number of anilines is 2. The molecule has 0 spiro atoms. The first-order chi connectivity index (χ1) is 9.15. The number of hydrogen-bond donors (Lipinski definition) is 3. The normalized spacial score (nSPS) is 9.68. The summed E-state index contributed by atoms with van der Waals surface area (Å²) in [5.41, 5.74) is 6.41. The molecule has 0 aliphatic carbocycles. The average Bonchev–Trinajstić information content (AvgIpc) is 2.40. The third-order valence-electron chi connectivity index (χ3n) is 2.31. The SMILES string of the molecule is Nc1ccc(C(=O)NC(=O)Nc2ccccn2)cc1. The van der Waals surface area contributed by atoms with Crippen molar-refractivity contribution in [2.45, 2.75) is 0 Å². The van der Waals surface area contributed by atoms with E-state index in [2.05, 4.69) is 15.6 Å². The Morgan fingerprint density at radius 3 is 2.42 bits per heavy atom. The lowest BCUT2D eigenvalue weighted by Crippen LogP contribution is -2.34. The molecule has 2 rings (SSSR count). The van der Waals surface area contributed by atoms with Crippen LogP contribution >= 0.6 is 0 Å². The largest absolute Gasteiger partial charge is 0.399 e. The fourth-order valence-corrected chi connectivity index (χ4v) is 1.39. The molecule has 6 nitrogen and oxygen atoms in total. The monoisotopic (exact) mass is 256 g/mol. The van der Waals surface area contributed by atoms with Crippen LogP contribution in [0.15, 0.2) is 48.7 Å². The van der Waals surface area contributed by atoms with E-state index in [0.29, 0.717) is 17.1 Å². The number of amides is 3. The van der Waals surface area contributed by atoms with Gasteiger partial charge >= 0.3 is 6.03 Å². The zero-order valence-corrected chi connectivity index (χ0v) is 9.96. The van der Waals surface area contributed by atoms with Gasteiger partial charge in [-0.05, 0) is 36.4 Å². The van der Waals surface area contributed by atoms with Gasteiger partial charge in [-0.2, -0.15) is 0 Å². The minimum absolute atomic E-state index is 0.352. The summed E-state index contributed by atoms with van der Waals surface area (Å²) < 4.78 is 0. The number of hydrogen-bond acceptors (Lipinski definition) is 4. The van der Waals surface area contributed by atoms with Crippen molar-refractivity contribution < 1.29 is 9.59 Å². The summed E-state index contributed by atoms with van der Waals surface area (Å²) in [6.45, 7) is 0. The van der Waals surface area contributed by atoms with Crippen LogP contribution in [0.2, 0.25) is 0 Å². The fraction of sp³-hybridized carbons (Fsp3) is 0. The Morgan fingerprint density at radius 1 is 1.05 bits per heavy atom. The Kier molecular flexibility index (Phi) is 3.72. The maximum absolute atomic E-state index is 11.7. The third-order valence-corrected chi connectivity index (χ3v) is 2.31. The van der Waals surface area contributed by atoms with Crippen LogP contribution in [0.4, 0.5) is 16.3 Å². The van der Waals surface area contributed by atoms with Crippen LogP contribution in [-0.4, -0.2) is 16.9 Å². The zero-order chi connectivity index (χ0) is 13.7. The number of benzene rings is 1. The smallest absolute Gasteiger partial charge is 0.327 e. The molecule has 2 aromatic rings. The van der Waals surface area contributed by atoms with Gasteiger partial charge in [-0.25, -0.2) is 9.78 Å². The highest BCUT2D eigenvalue weighted by Crippen LogP contribution is 2.05. The quantitative estimate of drug-likeness (QED) is 0.711. The molecule has 19 heavy (non-hydrogen) atoms. The second kappa shape index (κ2) is 5.63. The van der Waals surface area contributed by atoms with E-state index in [1.165, 1.54) is 6.20 Å². The maximum Gasteiger partial charge on any atom is 0.327 e. The second-order valence-electron chi connectivity index (χ2n) is 3.75. The van der Waals surface area contributed by atoms with E-state index in [9.17, 15) is 9.59 Å². The molecule has 0 aliphatic rings. The number of carbonyl (C=O) groups excluding carboxylic acids is 2. The van der Waals surface area contributed by atoms with Crippen molar-refractivity contribution in [1.29, 1.82) is 0 Å². The van der Waals surface area contributed by atoms with Gasteiger partial charge in [0.05, 0.1) is 0 Å². The highest BCUT2D eigenvalue weighted by molar-refractivity contribution is 6.07. The molecule has 0 aliphatic heterocycles. The molecule has 0 unspecified atom stereocenters. The summed E-state index contributed by atoms with van der Waals surface area (Å²) in [6.07, 6.45) is 1.54. The number of rotatable bonds is 2. The number of nitrogens with zero attached hydrogens (tertiary/aromatic N) is 1. The highest BCUT2D eigenvalue weighted by Gasteiger charge is 2.10. The van der Waals surface area contributed by atoms with Gasteiger partial charge in [0.15, 0.2) is 0 Å². The third kappa shape index (κ3) is 3.53. The standard InChI is InChI=1S/C13H12N4O2/c14-10-6-4-9(5-7-10)12(18)17-13(19)16-11-3-1-2-8-15-11/h1-8H,14H2,(H2,15,16,17,18,19). The predicted octanol–water partition coefficient (Wildman–Crippen LogP) is 1.63. The molecule has 0 bridgehead atoms. The molecular weight excluding hydrogens is 244 g/mol. The number of pyridine rings is 1. The zero-order valence-electron chi connectivity index (χ0n) is 9.96. The number of nitrogens with two attached hydrogens (primary N) is 1. The first-order valence-corrected chi connectivity index (χ1v) is 5.54. The molecule has 4 N–H and O–H groups in total. The number of urea groups is 1. The molecule has 0 saturated heterocycles. The fourth-order valence-electron chi connectivity index (χ4n) is 1.39. The minimum atomic E-state index is -0.638. The van der Waals surface area contributed by atoms with Gasteiger partial charge in [-0.3, -0.25) is 15.4 Å². The molecule has 1 aromatic heterocycles. The summed E-state index contributed by atoms with van der Waals surface area (Å²) in [6, 6.07) is 10.7. The second-order valence-corrected chi connectivity index (χ2v) is 3.75. The summed E-state index contributed by atoms with van der Waals surface area (Å²) in [7, 11) is 0. The van der Waals surface area contributed by atoms with Gasteiger partial charge in [-0.15, -0.1) is 0 Å². The number of imide groups is 1. The van der Waals surface area contributed by atoms with Crippen molar-refractivity contribution >= 4 is 23.4 Å². The maximum atomic E-state index is 11.7. The summed E-state index contributed by atoms with van der Waals surface area (Å²) in [5.74, 6) is -0.140. The molecule has 0 radical (unpaired) electrons. The van der Waals surface area contributed by atoms with Crippen LogP contribution < -0.4 is 16.4 Å². The van der Waals surface area contributed by atoms with E-state index < -0.39 is 11.9 Å². The highest BCUT2D eigenvalue weighted by atomic mass is 16.2. The molecule has 0 fully saturated rings. The average molecular weight is 256 g/mol. The summed E-state index contributed by atoms with van der Waals surface area (Å²) in [4.78, 5) is 27.2. The van der Waals surface area contributed by atoms with E-state index in [-0.39, 0.29) is 0 Å². The lowest BCUT2D eigenvalue weighted by molar-refractivity contribution is 0.0967. The minimum Gasteiger partial charge on any atom is -0.399 e. The van der Waals surface area contributed by atoms with Gasteiger partial charge in [0.1, 0.15) is 5.82 Å². The van der Waals surface area contributed by atoms with Crippen LogP contribution in [0.5, 0.6) is 0 Å². The van der Waals surface area contributed by atoms with E-state index >= 15 is 0 Å². The van der Waals surface area contributed by atoms with Crippen molar-refractivity contribution in [3.05, 3.63) is 54.2 Å². The van der Waals surface area contributed by atoms with Gasteiger partial charge in [0, 0.05) is 17.4 Å². The molecule has 96 valence electrons. The first-order valence-electron chi connectivity index (χ1n) is 5.54. The van der Waals surface area contributed by atoms with Gasteiger partial charge in [0.25, 0.3) is 5.91 Å². The summed E-state index contributed by atoms with van der Waals surface area (Å²) >= 11 is 0. The van der Waals surface area contributed by atoms with Gasteiger partial charge in [-0.1, -0.05) is 6.07 Å². The van der Waals surface area contributed by atoms with E-state index in [1.807, 2.05) is 0 Å². The summed E-state index contributed by atoms with van der Waals surface area (Å²) in [5, 5.41) is 4.64. The van der Waals surface area contributed by atoms with Crippen molar-refractivity contribution in [3.8, 4) is 0 Å². The Morgan fingerprint density at radius 2 is 1.79 bits per heavy atom. The van der Waals surface area contributed by atoms with E-state index in [0.717, 1.165) is 0 Å². The Balaban J connectivity index is 1.95. The van der Waals surface area contributed by atoms with Crippen molar-refractivity contribution in [2.75, 3.05) is 11.1 Å². The Bertz CT molecular complexity index is 581. The molecule has 0 saturated carbocycles. The van der Waals surface area contributed by atoms with Crippen molar-refractivity contribution in [1.82, 2.24) is 10.3 Å². The van der Waals surface area contributed by atoms with E-state index in [1.54, 1.807) is 42.5 Å². The number of nitrogens with one attached hydrogen (secondary N) is 2. The molecular formula is C13H12N4O2.